The van der Waals surface area contributed by atoms with E-state index in [9.17, 15) is 4.79 Å². The highest BCUT2D eigenvalue weighted by Crippen LogP contribution is 2.39. The molecule has 0 amide bonds. The lowest BCUT2D eigenvalue weighted by molar-refractivity contribution is -0.134. The lowest BCUT2D eigenvalue weighted by atomic mass is 10.1. The van der Waals surface area contributed by atoms with Crippen LogP contribution in [0, 0.1) is 0 Å². The summed E-state index contributed by atoms with van der Waals surface area (Å²) >= 11 is 0. The molecule has 0 unspecified atom stereocenters. The van der Waals surface area contributed by atoms with E-state index in [2.05, 4.69) is 4.74 Å². The van der Waals surface area contributed by atoms with Gasteiger partial charge in [0.05, 0.1) is 7.11 Å². The Morgan fingerprint density at radius 3 is 2.80 bits per heavy atom. The Morgan fingerprint density at radius 1 is 1.40 bits per heavy atom. The molecule has 0 aromatic heterocycles. The Morgan fingerprint density at radius 2 is 2.13 bits per heavy atom. The summed E-state index contributed by atoms with van der Waals surface area (Å²) in [6.07, 6.45) is 3.22. The van der Waals surface area contributed by atoms with Gasteiger partial charge in [-0.05, 0) is 11.6 Å². The molecule has 0 radical (unpaired) electrons. The van der Waals surface area contributed by atoms with E-state index in [1.807, 2.05) is 30.3 Å². The van der Waals surface area contributed by atoms with Crippen LogP contribution in [-0.2, 0) is 14.3 Å². The van der Waals surface area contributed by atoms with Crippen molar-refractivity contribution in [2.45, 2.75) is 12.2 Å². The molecule has 1 saturated heterocycles. The van der Waals surface area contributed by atoms with Crippen LogP contribution in [0.4, 0.5) is 0 Å². The van der Waals surface area contributed by atoms with Gasteiger partial charge in [0, 0.05) is 6.08 Å². The van der Waals surface area contributed by atoms with Gasteiger partial charge < -0.3 is 9.47 Å². The maximum Gasteiger partial charge on any atom is 0.330 e. The molecule has 0 aliphatic carbocycles. The molecular weight excluding hydrogens is 192 g/mol. The molecule has 1 aromatic rings. The summed E-state index contributed by atoms with van der Waals surface area (Å²) in [5.41, 5.74) is 1.14. The second-order valence-electron chi connectivity index (χ2n) is 3.31. The maximum absolute atomic E-state index is 10.8. The van der Waals surface area contributed by atoms with Gasteiger partial charge in [0.1, 0.15) is 12.2 Å². The normalized spacial score (nSPS) is 24.1. The highest BCUT2D eigenvalue weighted by atomic mass is 16.6. The van der Waals surface area contributed by atoms with Crippen LogP contribution in [0.3, 0.4) is 0 Å². The van der Waals surface area contributed by atoms with Crippen LogP contribution < -0.4 is 0 Å². The van der Waals surface area contributed by atoms with Crippen molar-refractivity contribution in [2.75, 3.05) is 7.11 Å². The van der Waals surface area contributed by atoms with E-state index in [0.717, 1.165) is 5.56 Å². The molecule has 15 heavy (non-hydrogen) atoms. The number of carbonyl (C=O) groups is 1. The molecule has 1 heterocycles. The quantitative estimate of drug-likeness (QED) is 0.428. The molecular formula is C12H12O3. The van der Waals surface area contributed by atoms with Gasteiger partial charge in [-0.15, -0.1) is 0 Å². The maximum atomic E-state index is 10.8. The van der Waals surface area contributed by atoms with E-state index >= 15 is 0 Å². The molecule has 78 valence electrons. The van der Waals surface area contributed by atoms with E-state index in [1.165, 1.54) is 13.2 Å². The lowest BCUT2D eigenvalue weighted by Crippen LogP contribution is -1.95. The molecule has 2 rings (SSSR count). The van der Waals surface area contributed by atoms with Crippen molar-refractivity contribution in [3.05, 3.63) is 48.0 Å². The number of ether oxygens (including phenoxy) is 2. The molecule has 2 atom stereocenters. The zero-order chi connectivity index (χ0) is 10.7. The second kappa shape index (κ2) is 4.28. The van der Waals surface area contributed by atoms with Crippen molar-refractivity contribution in [3.8, 4) is 0 Å². The average molecular weight is 204 g/mol. The molecule has 0 saturated carbocycles. The summed E-state index contributed by atoms with van der Waals surface area (Å²) in [5.74, 6) is -0.350. The predicted molar refractivity (Wildman–Crippen MR) is 55.2 cm³/mol. The molecule has 0 bridgehead atoms. The van der Waals surface area contributed by atoms with Crippen molar-refractivity contribution in [3.63, 3.8) is 0 Å². The van der Waals surface area contributed by atoms with Gasteiger partial charge in [-0.2, -0.15) is 0 Å². The number of esters is 1. The minimum absolute atomic E-state index is 0.00602. The number of rotatable bonds is 3. The zero-order valence-corrected chi connectivity index (χ0v) is 8.42. The van der Waals surface area contributed by atoms with Gasteiger partial charge >= 0.3 is 5.97 Å². The summed E-state index contributed by atoms with van der Waals surface area (Å²) in [6, 6.07) is 9.93. The van der Waals surface area contributed by atoms with E-state index in [-0.39, 0.29) is 18.2 Å². The molecule has 1 aromatic carbocycles. The number of hydrogen-bond donors (Lipinski definition) is 0. The first-order valence-corrected chi connectivity index (χ1v) is 4.78. The Balaban J connectivity index is 1.92. The standard InChI is InChI=1S/C12H12O3/c1-14-11(13)8-7-10-12(15-10)9-5-3-2-4-6-9/h2-8,10,12H,1H3/b8-7+/t10-,12-/m1/s1. The Bertz CT molecular complexity index is 370. The van der Waals surface area contributed by atoms with Crippen LogP contribution in [0.2, 0.25) is 0 Å². The second-order valence-corrected chi connectivity index (χ2v) is 3.31. The van der Waals surface area contributed by atoms with Gasteiger partial charge in [-0.1, -0.05) is 30.3 Å². The molecule has 0 spiro atoms. The number of carbonyl (C=O) groups excluding carboxylic acids is 1. The Labute approximate surface area is 88.3 Å². The number of hydrogen-bond acceptors (Lipinski definition) is 3. The monoisotopic (exact) mass is 204 g/mol. The molecule has 1 aliphatic heterocycles. The van der Waals surface area contributed by atoms with E-state index in [1.54, 1.807) is 6.08 Å². The van der Waals surface area contributed by atoms with Crippen LogP contribution in [-0.4, -0.2) is 19.2 Å². The summed E-state index contributed by atoms with van der Waals surface area (Å²) in [6.45, 7) is 0. The van der Waals surface area contributed by atoms with Crippen molar-refractivity contribution in [1.82, 2.24) is 0 Å². The highest BCUT2D eigenvalue weighted by Gasteiger charge is 2.37. The van der Waals surface area contributed by atoms with Crippen molar-refractivity contribution < 1.29 is 14.3 Å². The number of methoxy groups -OCH3 is 1. The molecule has 1 fully saturated rings. The fourth-order valence-electron chi connectivity index (χ4n) is 1.42. The molecule has 1 aliphatic rings. The molecule has 3 nitrogen and oxygen atoms in total. The van der Waals surface area contributed by atoms with Gasteiger partial charge in [0.15, 0.2) is 0 Å². The summed E-state index contributed by atoms with van der Waals surface area (Å²) in [5, 5.41) is 0. The average Bonchev–Trinajstić information content (AvgIpc) is 3.06. The van der Waals surface area contributed by atoms with Crippen molar-refractivity contribution >= 4 is 5.97 Å². The third-order valence-electron chi connectivity index (χ3n) is 2.28. The van der Waals surface area contributed by atoms with Gasteiger partial charge in [0.2, 0.25) is 0 Å². The Kier molecular flexibility index (Phi) is 2.83. The minimum atomic E-state index is -0.350. The van der Waals surface area contributed by atoms with Crippen LogP contribution in [0.25, 0.3) is 0 Å². The highest BCUT2D eigenvalue weighted by molar-refractivity contribution is 5.81. The van der Waals surface area contributed by atoms with Crippen LogP contribution in [0.1, 0.15) is 11.7 Å². The van der Waals surface area contributed by atoms with Crippen molar-refractivity contribution in [2.24, 2.45) is 0 Å². The van der Waals surface area contributed by atoms with Gasteiger partial charge in [-0.3, -0.25) is 0 Å². The minimum Gasteiger partial charge on any atom is -0.466 e. The smallest absolute Gasteiger partial charge is 0.330 e. The Hall–Kier alpha value is -1.61. The summed E-state index contributed by atoms with van der Waals surface area (Å²) in [4.78, 5) is 10.8. The van der Waals surface area contributed by atoms with Gasteiger partial charge in [-0.25, -0.2) is 4.79 Å². The molecule has 3 heteroatoms. The first-order valence-electron chi connectivity index (χ1n) is 4.78. The molecule has 0 N–H and O–H groups in total. The summed E-state index contributed by atoms with van der Waals surface area (Å²) < 4.78 is 9.89. The van der Waals surface area contributed by atoms with Crippen LogP contribution in [0.5, 0.6) is 0 Å². The SMILES string of the molecule is COC(=O)/C=C/[C@H]1O[C@@H]1c1ccccc1. The third-order valence-corrected chi connectivity index (χ3v) is 2.28. The first kappa shape index (κ1) is 9.93. The lowest BCUT2D eigenvalue weighted by Gasteiger charge is -1.92. The van der Waals surface area contributed by atoms with Gasteiger partial charge in [0.25, 0.3) is 0 Å². The first-order chi connectivity index (χ1) is 7.31. The zero-order valence-electron chi connectivity index (χ0n) is 8.42. The largest absolute Gasteiger partial charge is 0.466 e. The fourth-order valence-corrected chi connectivity index (χ4v) is 1.42. The van der Waals surface area contributed by atoms with E-state index in [4.69, 9.17) is 4.74 Å². The van der Waals surface area contributed by atoms with Crippen molar-refractivity contribution in [1.29, 1.82) is 0 Å². The topological polar surface area (TPSA) is 38.8 Å². The van der Waals surface area contributed by atoms with E-state index in [0.29, 0.717) is 0 Å². The van der Waals surface area contributed by atoms with Crippen LogP contribution in [0.15, 0.2) is 42.5 Å². The van der Waals surface area contributed by atoms with E-state index < -0.39 is 0 Å². The fraction of sp³-hybridized carbons (Fsp3) is 0.250. The predicted octanol–water partition coefficient (Wildman–Crippen LogP) is 1.86. The number of benzene rings is 1. The third kappa shape index (κ3) is 2.44. The summed E-state index contributed by atoms with van der Waals surface area (Å²) in [7, 11) is 1.36. The number of epoxide rings is 1. The van der Waals surface area contributed by atoms with Crippen LogP contribution >= 0.6 is 0 Å².